The molecular weight excluding hydrogens is 431 g/mol. The van der Waals surface area contributed by atoms with Gasteiger partial charge < -0.3 is 15.0 Å². The van der Waals surface area contributed by atoms with Gasteiger partial charge in [-0.25, -0.2) is 4.39 Å². The molecule has 1 aromatic heterocycles. The molecule has 1 aromatic carbocycles. The second-order valence-corrected chi connectivity index (χ2v) is 8.73. The number of amides is 2. The Hall–Kier alpha value is -2.53. The molecule has 0 bridgehead atoms. The highest BCUT2D eigenvalue weighted by Gasteiger charge is 2.28. The lowest BCUT2D eigenvalue weighted by atomic mass is 9.95. The van der Waals surface area contributed by atoms with Gasteiger partial charge in [-0.05, 0) is 44.0 Å². The minimum atomic E-state index is -0.388. The van der Waals surface area contributed by atoms with Gasteiger partial charge in [0.15, 0.2) is 4.34 Å². The van der Waals surface area contributed by atoms with Gasteiger partial charge in [0.1, 0.15) is 5.82 Å². The maximum absolute atomic E-state index is 13.0. The van der Waals surface area contributed by atoms with E-state index in [1.165, 1.54) is 47.4 Å². The maximum atomic E-state index is 13.0. The number of hydrogen-bond donors (Lipinski definition) is 1. The number of carbonyl (C=O) groups is 3. The van der Waals surface area contributed by atoms with E-state index in [2.05, 4.69) is 15.5 Å². The van der Waals surface area contributed by atoms with Crippen LogP contribution in [0.5, 0.6) is 0 Å². The normalized spacial score (nSPS) is 14.4. The predicted molar refractivity (Wildman–Crippen MR) is 111 cm³/mol. The van der Waals surface area contributed by atoms with E-state index in [0.29, 0.717) is 47.6 Å². The van der Waals surface area contributed by atoms with E-state index >= 15 is 0 Å². The van der Waals surface area contributed by atoms with Crippen LogP contribution in [0, 0.1) is 11.7 Å². The number of ether oxygens (including phenoxy) is 1. The Labute approximate surface area is 181 Å². The summed E-state index contributed by atoms with van der Waals surface area (Å²) < 4.78 is 18.4. The zero-order valence-corrected chi connectivity index (χ0v) is 17.9. The highest BCUT2D eigenvalue weighted by molar-refractivity contribution is 8.01. The number of piperidine rings is 1. The van der Waals surface area contributed by atoms with Crippen LogP contribution in [0.3, 0.4) is 0 Å². The van der Waals surface area contributed by atoms with Crippen molar-refractivity contribution in [3.8, 4) is 0 Å². The molecule has 160 valence electrons. The standard InChI is InChI=1S/C19H21FN4O4S2/c1-2-28-15(25)11-29-19-23-22-18(30-19)21-16(26)12-7-9-24(10-8-12)17(27)13-3-5-14(20)6-4-13/h3-6,12H,2,7-11H2,1H3,(H,21,22,26). The molecule has 2 amide bonds. The number of likely N-dealkylation sites (tertiary alicyclic amines) is 1. The Balaban J connectivity index is 1.46. The van der Waals surface area contributed by atoms with Crippen LogP contribution >= 0.6 is 23.1 Å². The summed E-state index contributed by atoms with van der Waals surface area (Å²) >= 11 is 2.40. The van der Waals surface area contributed by atoms with Crippen molar-refractivity contribution in [1.29, 1.82) is 0 Å². The fraction of sp³-hybridized carbons (Fsp3) is 0.421. The van der Waals surface area contributed by atoms with Gasteiger partial charge >= 0.3 is 5.97 Å². The van der Waals surface area contributed by atoms with Crippen molar-refractivity contribution in [3.63, 3.8) is 0 Å². The highest BCUT2D eigenvalue weighted by atomic mass is 32.2. The molecule has 2 aromatic rings. The SMILES string of the molecule is CCOC(=O)CSc1nnc(NC(=O)C2CCN(C(=O)c3ccc(F)cc3)CC2)s1. The van der Waals surface area contributed by atoms with E-state index in [0.717, 1.165) is 0 Å². The van der Waals surface area contributed by atoms with E-state index in [1.54, 1.807) is 11.8 Å². The Morgan fingerprint density at radius 3 is 2.60 bits per heavy atom. The Bertz CT molecular complexity index is 898. The summed E-state index contributed by atoms with van der Waals surface area (Å²) in [4.78, 5) is 38.1. The summed E-state index contributed by atoms with van der Waals surface area (Å²) in [6.45, 7) is 2.96. The molecule has 0 saturated carbocycles. The first kappa shape index (κ1) is 22.2. The minimum Gasteiger partial charge on any atom is -0.465 e. The molecule has 0 radical (unpaired) electrons. The molecule has 1 aliphatic heterocycles. The van der Waals surface area contributed by atoms with Gasteiger partial charge in [0.05, 0.1) is 12.4 Å². The maximum Gasteiger partial charge on any atom is 0.316 e. The number of benzene rings is 1. The van der Waals surface area contributed by atoms with Crippen molar-refractivity contribution in [2.45, 2.75) is 24.1 Å². The van der Waals surface area contributed by atoms with Crippen LogP contribution in [0.2, 0.25) is 0 Å². The van der Waals surface area contributed by atoms with Crippen molar-refractivity contribution in [1.82, 2.24) is 15.1 Å². The third-order valence-corrected chi connectivity index (χ3v) is 6.45. The summed E-state index contributed by atoms with van der Waals surface area (Å²) in [5.41, 5.74) is 0.431. The number of thioether (sulfide) groups is 1. The quantitative estimate of drug-likeness (QED) is 0.392. The molecular formula is C19H21FN4O4S2. The van der Waals surface area contributed by atoms with Gasteiger partial charge in [-0.3, -0.25) is 14.4 Å². The molecule has 1 saturated heterocycles. The van der Waals surface area contributed by atoms with Gasteiger partial charge in [-0.1, -0.05) is 23.1 Å². The average molecular weight is 453 g/mol. The van der Waals surface area contributed by atoms with Crippen molar-refractivity contribution in [2.75, 3.05) is 30.8 Å². The third kappa shape index (κ3) is 5.99. The summed E-state index contributed by atoms with van der Waals surface area (Å²) in [6.07, 6.45) is 1.06. The first-order valence-corrected chi connectivity index (χ1v) is 11.2. The van der Waals surface area contributed by atoms with Crippen molar-refractivity contribution in [2.24, 2.45) is 5.92 Å². The molecule has 30 heavy (non-hydrogen) atoms. The van der Waals surface area contributed by atoms with E-state index in [1.807, 2.05) is 0 Å². The molecule has 1 N–H and O–H groups in total. The monoisotopic (exact) mass is 452 g/mol. The number of anilines is 1. The number of carbonyl (C=O) groups excluding carboxylic acids is 3. The van der Waals surface area contributed by atoms with Gasteiger partial charge in [0, 0.05) is 24.6 Å². The van der Waals surface area contributed by atoms with Crippen LogP contribution in [0.1, 0.15) is 30.1 Å². The van der Waals surface area contributed by atoms with Crippen molar-refractivity contribution < 1.29 is 23.5 Å². The second kappa shape index (κ2) is 10.5. The summed E-state index contributed by atoms with van der Waals surface area (Å²) in [6, 6.07) is 5.44. The lowest BCUT2D eigenvalue weighted by Crippen LogP contribution is -2.41. The molecule has 2 heterocycles. The lowest BCUT2D eigenvalue weighted by molar-refractivity contribution is -0.139. The molecule has 0 aliphatic carbocycles. The number of nitrogens with one attached hydrogen (secondary N) is 1. The number of rotatable bonds is 7. The minimum absolute atomic E-state index is 0.136. The summed E-state index contributed by atoms with van der Waals surface area (Å²) in [7, 11) is 0. The molecule has 1 aliphatic rings. The van der Waals surface area contributed by atoms with Crippen LogP contribution in [0.15, 0.2) is 28.6 Å². The topological polar surface area (TPSA) is 101 Å². The predicted octanol–water partition coefficient (Wildman–Crippen LogP) is 2.82. The Morgan fingerprint density at radius 2 is 1.93 bits per heavy atom. The first-order chi connectivity index (χ1) is 14.5. The number of esters is 1. The highest BCUT2D eigenvalue weighted by Crippen LogP contribution is 2.27. The number of hydrogen-bond acceptors (Lipinski definition) is 8. The zero-order valence-electron chi connectivity index (χ0n) is 16.3. The molecule has 0 spiro atoms. The molecule has 8 nitrogen and oxygen atoms in total. The third-order valence-electron chi connectivity index (χ3n) is 4.50. The van der Waals surface area contributed by atoms with E-state index in [4.69, 9.17) is 4.74 Å². The van der Waals surface area contributed by atoms with Crippen LogP contribution < -0.4 is 5.32 Å². The van der Waals surface area contributed by atoms with Gasteiger partial charge in [-0.2, -0.15) is 0 Å². The van der Waals surface area contributed by atoms with E-state index in [9.17, 15) is 18.8 Å². The van der Waals surface area contributed by atoms with Crippen molar-refractivity contribution in [3.05, 3.63) is 35.6 Å². The Kier molecular flexibility index (Phi) is 7.75. The molecule has 0 atom stereocenters. The first-order valence-electron chi connectivity index (χ1n) is 9.44. The molecule has 11 heteroatoms. The molecule has 3 rings (SSSR count). The largest absolute Gasteiger partial charge is 0.465 e. The van der Waals surface area contributed by atoms with Crippen molar-refractivity contribution >= 4 is 46.0 Å². The number of nitrogens with zero attached hydrogens (tertiary/aromatic N) is 3. The van der Waals surface area contributed by atoms with Gasteiger partial charge in [-0.15, -0.1) is 10.2 Å². The Morgan fingerprint density at radius 1 is 1.23 bits per heavy atom. The molecule has 0 unspecified atom stereocenters. The molecule has 1 fully saturated rings. The summed E-state index contributed by atoms with van der Waals surface area (Å²) in [5.74, 6) is -1.15. The van der Waals surface area contributed by atoms with Gasteiger partial charge in [0.2, 0.25) is 11.0 Å². The fourth-order valence-corrected chi connectivity index (χ4v) is 4.52. The number of halogens is 1. The van der Waals surface area contributed by atoms with E-state index in [-0.39, 0.29) is 35.3 Å². The van der Waals surface area contributed by atoms with Crippen LogP contribution in [-0.2, 0) is 14.3 Å². The smallest absolute Gasteiger partial charge is 0.316 e. The zero-order chi connectivity index (χ0) is 21.5. The average Bonchev–Trinajstić information content (AvgIpc) is 3.20. The van der Waals surface area contributed by atoms with Gasteiger partial charge in [0.25, 0.3) is 5.91 Å². The second-order valence-electron chi connectivity index (χ2n) is 6.53. The van der Waals surface area contributed by atoms with E-state index < -0.39 is 0 Å². The summed E-state index contributed by atoms with van der Waals surface area (Å²) in [5, 5.41) is 11.0. The lowest BCUT2D eigenvalue weighted by Gasteiger charge is -2.31. The van der Waals surface area contributed by atoms with Crippen LogP contribution in [-0.4, -0.2) is 58.3 Å². The fourth-order valence-electron chi connectivity index (χ4n) is 2.97. The number of aromatic nitrogens is 2. The van der Waals surface area contributed by atoms with Crippen LogP contribution in [0.4, 0.5) is 9.52 Å². The van der Waals surface area contributed by atoms with Crippen LogP contribution in [0.25, 0.3) is 0 Å².